The molecule has 0 saturated carbocycles. The van der Waals surface area contributed by atoms with Crippen LogP contribution in [-0.4, -0.2) is 13.2 Å². The standard InChI is InChI=1S/C13H20ClNO/c1-3-16-13-8-10(2)11(9-12(13)14)6-4-5-7-15/h8-9H,3-7,15H2,1-2H3. The summed E-state index contributed by atoms with van der Waals surface area (Å²) < 4.78 is 5.45. The van der Waals surface area contributed by atoms with Crippen LogP contribution in [0.4, 0.5) is 0 Å². The number of rotatable bonds is 6. The van der Waals surface area contributed by atoms with Crippen LogP contribution < -0.4 is 10.5 Å². The highest BCUT2D eigenvalue weighted by molar-refractivity contribution is 6.32. The molecule has 2 N–H and O–H groups in total. The Morgan fingerprint density at radius 1 is 1.31 bits per heavy atom. The Hall–Kier alpha value is -0.730. The summed E-state index contributed by atoms with van der Waals surface area (Å²) in [5.41, 5.74) is 8.01. The quantitative estimate of drug-likeness (QED) is 0.776. The zero-order chi connectivity index (χ0) is 12.0. The monoisotopic (exact) mass is 241 g/mol. The van der Waals surface area contributed by atoms with E-state index in [1.807, 2.05) is 19.1 Å². The lowest BCUT2D eigenvalue weighted by atomic mass is 10.0. The van der Waals surface area contributed by atoms with Gasteiger partial charge in [0.2, 0.25) is 0 Å². The summed E-state index contributed by atoms with van der Waals surface area (Å²) in [4.78, 5) is 0. The van der Waals surface area contributed by atoms with Gasteiger partial charge in [0.05, 0.1) is 11.6 Å². The first-order valence-corrected chi connectivity index (χ1v) is 6.18. The highest BCUT2D eigenvalue weighted by Gasteiger charge is 2.06. The maximum atomic E-state index is 6.14. The lowest BCUT2D eigenvalue weighted by molar-refractivity contribution is 0.340. The minimum Gasteiger partial charge on any atom is -0.492 e. The summed E-state index contributed by atoms with van der Waals surface area (Å²) in [7, 11) is 0. The third-order valence-electron chi connectivity index (χ3n) is 2.59. The van der Waals surface area contributed by atoms with E-state index in [-0.39, 0.29) is 0 Å². The first-order valence-electron chi connectivity index (χ1n) is 5.81. The van der Waals surface area contributed by atoms with Crippen LogP contribution in [0.25, 0.3) is 0 Å². The molecule has 0 aliphatic carbocycles. The Morgan fingerprint density at radius 2 is 2.06 bits per heavy atom. The Labute approximate surface area is 103 Å². The van der Waals surface area contributed by atoms with E-state index in [1.54, 1.807) is 0 Å². The molecule has 0 aromatic heterocycles. The van der Waals surface area contributed by atoms with Gasteiger partial charge >= 0.3 is 0 Å². The molecule has 90 valence electrons. The predicted molar refractivity (Wildman–Crippen MR) is 69.4 cm³/mol. The van der Waals surface area contributed by atoms with Crippen LogP contribution in [-0.2, 0) is 6.42 Å². The molecule has 0 unspecified atom stereocenters. The Bertz CT molecular complexity index is 339. The molecule has 3 heteroatoms. The van der Waals surface area contributed by atoms with Gasteiger partial charge in [-0.05, 0) is 62.9 Å². The molecule has 1 rings (SSSR count). The molecule has 0 spiro atoms. The number of benzene rings is 1. The van der Waals surface area contributed by atoms with E-state index in [4.69, 9.17) is 22.1 Å². The maximum absolute atomic E-state index is 6.14. The molecule has 0 radical (unpaired) electrons. The van der Waals surface area contributed by atoms with Crippen molar-refractivity contribution in [3.63, 3.8) is 0 Å². The van der Waals surface area contributed by atoms with E-state index in [2.05, 4.69) is 6.92 Å². The molecule has 2 nitrogen and oxygen atoms in total. The third kappa shape index (κ3) is 3.69. The number of hydrogen-bond acceptors (Lipinski definition) is 2. The molecule has 0 aliphatic heterocycles. The van der Waals surface area contributed by atoms with Gasteiger partial charge in [0.25, 0.3) is 0 Å². The van der Waals surface area contributed by atoms with Gasteiger partial charge in [-0.2, -0.15) is 0 Å². The molecule has 0 saturated heterocycles. The summed E-state index contributed by atoms with van der Waals surface area (Å²) in [6, 6.07) is 4.03. The summed E-state index contributed by atoms with van der Waals surface area (Å²) in [6.45, 7) is 5.45. The Morgan fingerprint density at radius 3 is 2.69 bits per heavy atom. The van der Waals surface area contributed by atoms with E-state index in [0.29, 0.717) is 11.6 Å². The van der Waals surface area contributed by atoms with Gasteiger partial charge in [-0.15, -0.1) is 0 Å². The molecular formula is C13H20ClNO. The summed E-state index contributed by atoms with van der Waals surface area (Å²) in [5, 5.41) is 0.704. The van der Waals surface area contributed by atoms with Crippen LogP contribution in [0.15, 0.2) is 12.1 Å². The van der Waals surface area contributed by atoms with Gasteiger partial charge in [-0.1, -0.05) is 11.6 Å². The molecule has 0 fully saturated rings. The fourth-order valence-corrected chi connectivity index (χ4v) is 1.93. The topological polar surface area (TPSA) is 35.2 Å². The third-order valence-corrected chi connectivity index (χ3v) is 2.89. The van der Waals surface area contributed by atoms with Gasteiger partial charge in [0, 0.05) is 0 Å². The van der Waals surface area contributed by atoms with Gasteiger partial charge < -0.3 is 10.5 Å². The zero-order valence-corrected chi connectivity index (χ0v) is 10.8. The number of halogens is 1. The van der Waals surface area contributed by atoms with Crippen molar-refractivity contribution in [1.29, 1.82) is 0 Å². The number of ether oxygens (including phenoxy) is 1. The van der Waals surface area contributed by atoms with Crippen LogP contribution in [0.2, 0.25) is 5.02 Å². The molecule has 0 atom stereocenters. The van der Waals surface area contributed by atoms with E-state index >= 15 is 0 Å². The molecule has 1 aromatic rings. The smallest absolute Gasteiger partial charge is 0.138 e. The average molecular weight is 242 g/mol. The fraction of sp³-hybridized carbons (Fsp3) is 0.538. The maximum Gasteiger partial charge on any atom is 0.138 e. The van der Waals surface area contributed by atoms with Crippen molar-refractivity contribution in [1.82, 2.24) is 0 Å². The van der Waals surface area contributed by atoms with Crippen LogP contribution in [0, 0.1) is 6.92 Å². The van der Waals surface area contributed by atoms with Gasteiger partial charge in [-0.25, -0.2) is 0 Å². The summed E-state index contributed by atoms with van der Waals surface area (Å²) in [6.07, 6.45) is 3.21. The highest BCUT2D eigenvalue weighted by Crippen LogP contribution is 2.28. The van der Waals surface area contributed by atoms with Crippen molar-refractivity contribution in [2.24, 2.45) is 5.73 Å². The van der Waals surface area contributed by atoms with E-state index in [1.165, 1.54) is 11.1 Å². The SMILES string of the molecule is CCOc1cc(C)c(CCCCN)cc1Cl. The number of unbranched alkanes of at least 4 members (excludes halogenated alkanes) is 1. The first kappa shape index (κ1) is 13.3. The average Bonchev–Trinajstić information content (AvgIpc) is 2.25. The Kier molecular flexibility index (Phi) is 5.64. The molecular weight excluding hydrogens is 222 g/mol. The van der Waals surface area contributed by atoms with Gasteiger partial charge in [-0.3, -0.25) is 0 Å². The Balaban J connectivity index is 2.75. The van der Waals surface area contributed by atoms with Crippen molar-refractivity contribution in [2.75, 3.05) is 13.2 Å². The number of nitrogens with two attached hydrogens (primary N) is 1. The number of hydrogen-bond donors (Lipinski definition) is 1. The van der Waals surface area contributed by atoms with Crippen molar-refractivity contribution in [2.45, 2.75) is 33.1 Å². The fourth-order valence-electron chi connectivity index (χ4n) is 1.69. The highest BCUT2D eigenvalue weighted by atomic mass is 35.5. The van der Waals surface area contributed by atoms with Crippen LogP contribution in [0.1, 0.15) is 30.9 Å². The van der Waals surface area contributed by atoms with Crippen LogP contribution >= 0.6 is 11.6 Å². The molecule has 1 aromatic carbocycles. The zero-order valence-electron chi connectivity index (χ0n) is 10.1. The minimum absolute atomic E-state index is 0.645. The second-order valence-corrected chi connectivity index (χ2v) is 4.30. The lowest BCUT2D eigenvalue weighted by Gasteiger charge is -2.11. The first-order chi connectivity index (χ1) is 7.69. The molecule has 0 aliphatic rings. The normalized spacial score (nSPS) is 10.5. The molecule has 0 bridgehead atoms. The largest absolute Gasteiger partial charge is 0.492 e. The molecule has 16 heavy (non-hydrogen) atoms. The molecule has 0 amide bonds. The van der Waals surface area contributed by atoms with E-state index < -0.39 is 0 Å². The molecule has 0 heterocycles. The summed E-state index contributed by atoms with van der Waals surface area (Å²) >= 11 is 6.14. The van der Waals surface area contributed by atoms with Crippen LogP contribution in [0.5, 0.6) is 5.75 Å². The van der Waals surface area contributed by atoms with Crippen LogP contribution in [0.3, 0.4) is 0 Å². The van der Waals surface area contributed by atoms with Crippen molar-refractivity contribution < 1.29 is 4.74 Å². The second-order valence-electron chi connectivity index (χ2n) is 3.89. The summed E-state index contributed by atoms with van der Waals surface area (Å²) in [5.74, 6) is 0.782. The lowest BCUT2D eigenvalue weighted by Crippen LogP contribution is -2.00. The minimum atomic E-state index is 0.645. The van der Waals surface area contributed by atoms with Crippen molar-refractivity contribution in [3.05, 3.63) is 28.3 Å². The number of aryl methyl sites for hydroxylation is 2. The predicted octanol–water partition coefficient (Wildman–Crippen LogP) is 3.33. The van der Waals surface area contributed by atoms with Crippen molar-refractivity contribution in [3.8, 4) is 5.75 Å². The van der Waals surface area contributed by atoms with Gasteiger partial charge in [0.1, 0.15) is 5.75 Å². The van der Waals surface area contributed by atoms with E-state index in [0.717, 1.165) is 31.6 Å². The second kappa shape index (κ2) is 6.77. The van der Waals surface area contributed by atoms with Gasteiger partial charge in [0.15, 0.2) is 0 Å². The van der Waals surface area contributed by atoms with E-state index in [9.17, 15) is 0 Å². The van der Waals surface area contributed by atoms with Crippen molar-refractivity contribution >= 4 is 11.6 Å².